The zero-order valence-electron chi connectivity index (χ0n) is 12.3. The second-order valence-electron chi connectivity index (χ2n) is 7.42. The summed E-state index contributed by atoms with van der Waals surface area (Å²) in [5.41, 5.74) is 0.851. The molecule has 0 saturated heterocycles. The maximum Gasteiger partial charge on any atom is 0.220 e. The Bertz CT molecular complexity index is 511. The van der Waals surface area contributed by atoms with E-state index in [-0.39, 0.29) is 5.91 Å². The molecular weight excluding hydrogens is 282 g/mol. The Labute approximate surface area is 129 Å². The van der Waals surface area contributed by atoms with Crippen LogP contribution in [-0.2, 0) is 11.2 Å². The Balaban J connectivity index is 1.36. The minimum atomic E-state index is -0.408. The van der Waals surface area contributed by atoms with Crippen molar-refractivity contribution in [3.8, 4) is 0 Å². The molecule has 5 rings (SSSR count). The molecule has 2 N–H and O–H groups in total. The van der Waals surface area contributed by atoms with Crippen LogP contribution in [0.2, 0.25) is 0 Å². The zero-order valence-corrected chi connectivity index (χ0v) is 13.1. The van der Waals surface area contributed by atoms with Crippen LogP contribution < -0.4 is 5.32 Å². The van der Waals surface area contributed by atoms with Crippen LogP contribution in [0.1, 0.15) is 44.1 Å². The summed E-state index contributed by atoms with van der Waals surface area (Å²) in [5, 5.41) is 18.0. The highest BCUT2D eigenvalue weighted by molar-refractivity contribution is 7.07. The van der Waals surface area contributed by atoms with Crippen LogP contribution in [0.15, 0.2) is 16.8 Å². The van der Waals surface area contributed by atoms with E-state index in [2.05, 4.69) is 22.1 Å². The molecule has 4 aliphatic carbocycles. The Morgan fingerprint density at radius 2 is 2.10 bits per heavy atom. The first-order chi connectivity index (χ1) is 10.1. The van der Waals surface area contributed by atoms with Crippen molar-refractivity contribution in [2.45, 2.75) is 56.6 Å². The summed E-state index contributed by atoms with van der Waals surface area (Å²) < 4.78 is 0. The van der Waals surface area contributed by atoms with Crippen LogP contribution in [-0.4, -0.2) is 22.7 Å². The van der Waals surface area contributed by atoms with E-state index in [0.29, 0.717) is 30.2 Å². The zero-order chi connectivity index (χ0) is 14.4. The third kappa shape index (κ3) is 2.64. The second kappa shape index (κ2) is 5.10. The highest BCUT2D eigenvalue weighted by Crippen LogP contribution is 2.55. The van der Waals surface area contributed by atoms with Crippen LogP contribution in [0.4, 0.5) is 0 Å². The Hall–Kier alpha value is -0.870. The molecule has 1 aromatic heterocycles. The summed E-state index contributed by atoms with van der Waals surface area (Å²) in [4.78, 5) is 12.2. The van der Waals surface area contributed by atoms with E-state index in [1.807, 2.05) is 0 Å². The molecular formula is C17H23NO2S. The van der Waals surface area contributed by atoms with E-state index in [9.17, 15) is 9.90 Å². The van der Waals surface area contributed by atoms with Crippen LogP contribution in [0.25, 0.3) is 0 Å². The molecule has 4 saturated carbocycles. The normalized spacial score (nSPS) is 40.4. The molecule has 4 heteroatoms. The van der Waals surface area contributed by atoms with Crippen molar-refractivity contribution in [1.82, 2.24) is 5.32 Å². The molecule has 3 nitrogen and oxygen atoms in total. The van der Waals surface area contributed by atoms with Gasteiger partial charge in [-0.05, 0) is 78.7 Å². The smallest absolute Gasteiger partial charge is 0.220 e. The lowest BCUT2D eigenvalue weighted by Gasteiger charge is -2.58. The molecule has 0 radical (unpaired) electrons. The first kappa shape index (κ1) is 13.8. The average molecular weight is 305 g/mol. The summed E-state index contributed by atoms with van der Waals surface area (Å²) in [6.45, 7) is 0. The molecule has 1 amide bonds. The van der Waals surface area contributed by atoms with Crippen molar-refractivity contribution in [3.05, 3.63) is 22.4 Å². The van der Waals surface area contributed by atoms with E-state index in [1.54, 1.807) is 11.3 Å². The maximum absolute atomic E-state index is 12.2. The highest BCUT2D eigenvalue weighted by Gasteiger charge is 2.54. The standard InChI is InChI=1S/C17H23NO2S/c19-15(2-1-11-3-4-21-10-11)18-16-13-5-12-6-14(16)9-17(20,7-12)8-13/h3-4,10,12-14,16,20H,1-2,5-9H2,(H,18,19). The fraction of sp³-hybridized carbons (Fsp3) is 0.706. The highest BCUT2D eigenvalue weighted by atomic mass is 32.1. The first-order valence-electron chi connectivity index (χ1n) is 8.14. The second-order valence-corrected chi connectivity index (χ2v) is 8.20. The molecule has 4 fully saturated rings. The topological polar surface area (TPSA) is 49.3 Å². The van der Waals surface area contributed by atoms with Crippen molar-refractivity contribution in [2.75, 3.05) is 0 Å². The lowest BCUT2D eigenvalue weighted by molar-refractivity contribution is -0.146. The average Bonchev–Trinajstić information content (AvgIpc) is 2.92. The van der Waals surface area contributed by atoms with Crippen LogP contribution in [0.5, 0.6) is 0 Å². The van der Waals surface area contributed by atoms with Gasteiger partial charge in [-0.25, -0.2) is 0 Å². The fourth-order valence-corrected chi connectivity index (χ4v) is 5.87. The van der Waals surface area contributed by atoms with Crippen LogP contribution >= 0.6 is 11.3 Å². The summed E-state index contributed by atoms with van der Waals surface area (Å²) in [6, 6.07) is 2.41. The van der Waals surface area contributed by atoms with Gasteiger partial charge in [0.25, 0.3) is 0 Å². The number of aliphatic hydroxyl groups is 1. The summed E-state index contributed by atoms with van der Waals surface area (Å²) in [6.07, 6.45) is 6.62. The number of rotatable bonds is 4. The number of aryl methyl sites for hydroxylation is 1. The van der Waals surface area contributed by atoms with Crippen LogP contribution in [0, 0.1) is 17.8 Å². The van der Waals surface area contributed by atoms with Crippen molar-refractivity contribution in [1.29, 1.82) is 0 Å². The van der Waals surface area contributed by atoms with E-state index in [0.717, 1.165) is 25.7 Å². The monoisotopic (exact) mass is 305 g/mol. The lowest BCUT2D eigenvalue weighted by atomic mass is 9.52. The molecule has 2 atom stereocenters. The predicted octanol–water partition coefficient (Wildman–Crippen LogP) is 2.74. The van der Waals surface area contributed by atoms with Gasteiger partial charge in [-0.3, -0.25) is 4.79 Å². The number of nitrogens with one attached hydrogen (secondary N) is 1. The Morgan fingerprint density at radius 1 is 1.33 bits per heavy atom. The van der Waals surface area contributed by atoms with E-state index >= 15 is 0 Å². The van der Waals surface area contributed by atoms with Gasteiger partial charge >= 0.3 is 0 Å². The van der Waals surface area contributed by atoms with Gasteiger partial charge in [0, 0.05) is 12.5 Å². The molecule has 2 unspecified atom stereocenters. The molecule has 4 aliphatic rings. The SMILES string of the molecule is O=C(CCc1ccsc1)NC1C2CC3CC1CC(O)(C3)C2. The van der Waals surface area contributed by atoms with Gasteiger partial charge in [-0.15, -0.1) is 0 Å². The molecule has 0 spiro atoms. The Morgan fingerprint density at radius 3 is 2.71 bits per heavy atom. The van der Waals surface area contributed by atoms with Crippen molar-refractivity contribution in [2.24, 2.45) is 17.8 Å². The summed E-state index contributed by atoms with van der Waals surface area (Å²) >= 11 is 1.69. The van der Waals surface area contributed by atoms with Gasteiger partial charge in [0.1, 0.15) is 0 Å². The van der Waals surface area contributed by atoms with Gasteiger partial charge < -0.3 is 10.4 Å². The number of carbonyl (C=O) groups excluding carboxylic acids is 1. The van der Waals surface area contributed by atoms with Crippen molar-refractivity contribution < 1.29 is 9.90 Å². The summed E-state index contributed by atoms with van der Waals surface area (Å²) in [7, 11) is 0. The maximum atomic E-state index is 12.2. The van der Waals surface area contributed by atoms with E-state index in [1.165, 1.54) is 18.4 Å². The minimum Gasteiger partial charge on any atom is -0.390 e. The fourth-order valence-electron chi connectivity index (χ4n) is 5.17. The van der Waals surface area contributed by atoms with Crippen molar-refractivity contribution in [3.63, 3.8) is 0 Å². The van der Waals surface area contributed by atoms with Crippen LogP contribution in [0.3, 0.4) is 0 Å². The lowest BCUT2D eigenvalue weighted by Crippen LogP contribution is -2.61. The van der Waals surface area contributed by atoms with Gasteiger partial charge in [0.05, 0.1) is 5.60 Å². The van der Waals surface area contributed by atoms with E-state index < -0.39 is 5.60 Å². The number of carbonyl (C=O) groups is 1. The third-order valence-electron chi connectivity index (χ3n) is 5.79. The molecule has 0 aliphatic heterocycles. The molecule has 21 heavy (non-hydrogen) atoms. The quantitative estimate of drug-likeness (QED) is 0.898. The molecule has 114 valence electrons. The third-order valence-corrected chi connectivity index (χ3v) is 6.52. The van der Waals surface area contributed by atoms with Gasteiger partial charge in [0.15, 0.2) is 0 Å². The number of amides is 1. The first-order valence-corrected chi connectivity index (χ1v) is 9.08. The number of hydrogen-bond donors (Lipinski definition) is 2. The molecule has 4 bridgehead atoms. The summed E-state index contributed by atoms with van der Waals surface area (Å²) in [5.74, 6) is 1.90. The molecule has 0 aromatic carbocycles. The largest absolute Gasteiger partial charge is 0.390 e. The van der Waals surface area contributed by atoms with Crippen molar-refractivity contribution >= 4 is 17.2 Å². The molecule has 1 aromatic rings. The van der Waals surface area contributed by atoms with Gasteiger partial charge in [0.2, 0.25) is 5.91 Å². The molecule has 1 heterocycles. The number of thiophene rings is 1. The van der Waals surface area contributed by atoms with Gasteiger partial charge in [-0.2, -0.15) is 11.3 Å². The predicted molar refractivity (Wildman–Crippen MR) is 83.1 cm³/mol. The van der Waals surface area contributed by atoms with E-state index in [4.69, 9.17) is 0 Å². The minimum absolute atomic E-state index is 0.186. The number of hydrogen-bond acceptors (Lipinski definition) is 3. The Kier molecular flexibility index (Phi) is 3.34. The van der Waals surface area contributed by atoms with Gasteiger partial charge in [-0.1, -0.05) is 0 Å².